The van der Waals surface area contributed by atoms with E-state index in [1.807, 2.05) is 4.68 Å². The standard InChI is InChI=1S/C17H26N6S/c1-4-18-16(19-11-17(2,3)14-6-5-9-24-14)22-13-7-8-15-20-12-21-23(15)10-13/h5-6,9,12-13H,4,7-8,10-11H2,1-3H3,(H2,18,19,22). The summed E-state index contributed by atoms with van der Waals surface area (Å²) in [6.45, 7) is 9.03. The first-order chi connectivity index (χ1) is 11.6. The Morgan fingerprint density at radius 1 is 1.50 bits per heavy atom. The molecule has 0 saturated carbocycles. The predicted octanol–water partition coefficient (Wildman–Crippen LogP) is 2.19. The maximum atomic E-state index is 4.83. The van der Waals surface area contributed by atoms with E-state index in [-0.39, 0.29) is 5.41 Å². The number of guanidine groups is 1. The molecule has 0 aromatic carbocycles. The maximum absolute atomic E-state index is 4.83. The number of hydrogen-bond donors (Lipinski definition) is 2. The van der Waals surface area contributed by atoms with E-state index in [1.165, 1.54) is 4.88 Å². The highest BCUT2D eigenvalue weighted by atomic mass is 32.1. The van der Waals surface area contributed by atoms with Crippen LogP contribution >= 0.6 is 11.3 Å². The molecule has 0 bridgehead atoms. The second-order valence-electron chi connectivity index (χ2n) is 6.79. The SMILES string of the molecule is CCNC(=NCC(C)(C)c1cccs1)NC1CCc2ncnn2C1. The van der Waals surface area contributed by atoms with Gasteiger partial charge >= 0.3 is 0 Å². The third-order valence-corrected chi connectivity index (χ3v) is 5.55. The minimum absolute atomic E-state index is 0.0438. The van der Waals surface area contributed by atoms with Crippen LogP contribution in [-0.4, -0.2) is 39.9 Å². The topological polar surface area (TPSA) is 67.1 Å². The Hall–Kier alpha value is -1.89. The van der Waals surface area contributed by atoms with Crippen molar-refractivity contribution in [1.29, 1.82) is 0 Å². The predicted molar refractivity (Wildman–Crippen MR) is 98.6 cm³/mol. The van der Waals surface area contributed by atoms with Crippen molar-refractivity contribution in [2.45, 2.75) is 51.6 Å². The Balaban J connectivity index is 1.64. The van der Waals surface area contributed by atoms with Crippen LogP contribution in [0.1, 0.15) is 37.9 Å². The van der Waals surface area contributed by atoms with Crippen LogP contribution in [0.15, 0.2) is 28.8 Å². The van der Waals surface area contributed by atoms with E-state index < -0.39 is 0 Å². The van der Waals surface area contributed by atoms with Crippen LogP contribution in [0.2, 0.25) is 0 Å². The van der Waals surface area contributed by atoms with Crippen molar-refractivity contribution in [1.82, 2.24) is 25.4 Å². The molecule has 0 aliphatic carbocycles. The van der Waals surface area contributed by atoms with E-state index in [1.54, 1.807) is 17.7 Å². The van der Waals surface area contributed by atoms with E-state index >= 15 is 0 Å². The number of hydrogen-bond acceptors (Lipinski definition) is 4. The zero-order valence-electron chi connectivity index (χ0n) is 14.6. The second-order valence-corrected chi connectivity index (χ2v) is 7.74. The van der Waals surface area contributed by atoms with Crippen molar-refractivity contribution >= 4 is 17.3 Å². The zero-order valence-corrected chi connectivity index (χ0v) is 15.4. The summed E-state index contributed by atoms with van der Waals surface area (Å²) in [5, 5.41) is 13.3. The lowest BCUT2D eigenvalue weighted by Crippen LogP contribution is -2.47. The first-order valence-electron chi connectivity index (χ1n) is 8.54. The average Bonchev–Trinajstić information content (AvgIpc) is 3.24. The minimum atomic E-state index is 0.0438. The monoisotopic (exact) mass is 346 g/mol. The van der Waals surface area contributed by atoms with Gasteiger partial charge in [0.15, 0.2) is 5.96 Å². The van der Waals surface area contributed by atoms with Gasteiger partial charge in [-0.05, 0) is 24.8 Å². The normalized spacial score (nSPS) is 18.3. The number of aryl methyl sites for hydroxylation is 1. The number of thiophene rings is 1. The van der Waals surface area contributed by atoms with Crippen LogP contribution in [0.25, 0.3) is 0 Å². The quantitative estimate of drug-likeness (QED) is 0.643. The summed E-state index contributed by atoms with van der Waals surface area (Å²) in [6, 6.07) is 4.63. The smallest absolute Gasteiger partial charge is 0.191 e. The van der Waals surface area contributed by atoms with E-state index in [4.69, 9.17) is 4.99 Å². The van der Waals surface area contributed by atoms with Gasteiger partial charge in [0, 0.05) is 29.3 Å². The molecule has 2 aromatic heterocycles. The number of nitrogens with zero attached hydrogens (tertiary/aromatic N) is 4. The Morgan fingerprint density at radius 3 is 3.12 bits per heavy atom. The fourth-order valence-corrected chi connectivity index (χ4v) is 3.73. The zero-order chi connectivity index (χ0) is 17.0. The first kappa shape index (κ1) is 17.0. The third-order valence-electron chi connectivity index (χ3n) is 4.31. The van der Waals surface area contributed by atoms with E-state index in [0.29, 0.717) is 6.04 Å². The van der Waals surface area contributed by atoms with E-state index in [2.05, 4.69) is 59.0 Å². The number of rotatable bonds is 5. The minimum Gasteiger partial charge on any atom is -0.357 e. The number of fused-ring (bicyclic) bond motifs is 1. The first-order valence-corrected chi connectivity index (χ1v) is 9.42. The summed E-state index contributed by atoms with van der Waals surface area (Å²) >= 11 is 1.80. The van der Waals surface area contributed by atoms with Gasteiger partial charge < -0.3 is 10.6 Å². The summed E-state index contributed by atoms with van der Waals surface area (Å²) in [7, 11) is 0. The molecule has 0 saturated heterocycles. The van der Waals surface area contributed by atoms with Gasteiger partial charge in [-0.15, -0.1) is 11.3 Å². The second kappa shape index (κ2) is 7.34. The lowest BCUT2D eigenvalue weighted by atomic mass is 9.92. The van der Waals surface area contributed by atoms with Gasteiger partial charge in [0.2, 0.25) is 0 Å². The van der Waals surface area contributed by atoms with Crippen molar-refractivity contribution in [3.8, 4) is 0 Å². The Kier molecular flexibility index (Phi) is 5.18. The van der Waals surface area contributed by atoms with Gasteiger partial charge in [0.1, 0.15) is 12.2 Å². The highest BCUT2D eigenvalue weighted by Crippen LogP contribution is 2.27. The largest absolute Gasteiger partial charge is 0.357 e. The van der Waals surface area contributed by atoms with Gasteiger partial charge in [-0.25, -0.2) is 9.67 Å². The van der Waals surface area contributed by atoms with Crippen molar-refractivity contribution in [3.05, 3.63) is 34.5 Å². The lowest BCUT2D eigenvalue weighted by molar-refractivity contribution is 0.392. The number of aliphatic imine (C=N–C) groups is 1. The maximum Gasteiger partial charge on any atom is 0.191 e. The molecule has 3 heterocycles. The number of nitrogens with one attached hydrogen (secondary N) is 2. The molecule has 3 rings (SSSR count). The molecule has 1 atom stereocenters. The molecule has 24 heavy (non-hydrogen) atoms. The van der Waals surface area contributed by atoms with Crippen LogP contribution < -0.4 is 10.6 Å². The summed E-state index contributed by atoms with van der Waals surface area (Å²) in [4.78, 5) is 10.5. The fourth-order valence-electron chi connectivity index (χ4n) is 2.89. The molecular formula is C17H26N6S. The highest BCUT2D eigenvalue weighted by Gasteiger charge is 2.23. The Labute approximate surface area is 147 Å². The summed E-state index contributed by atoms with van der Waals surface area (Å²) in [5.74, 6) is 1.96. The third kappa shape index (κ3) is 3.95. The van der Waals surface area contributed by atoms with Crippen molar-refractivity contribution in [2.24, 2.45) is 4.99 Å². The molecule has 0 fully saturated rings. The average molecular weight is 347 g/mol. The van der Waals surface area contributed by atoms with Crippen molar-refractivity contribution < 1.29 is 0 Å². The van der Waals surface area contributed by atoms with Gasteiger partial charge in [-0.3, -0.25) is 4.99 Å². The summed E-state index contributed by atoms with van der Waals surface area (Å²) in [5.41, 5.74) is 0.0438. The van der Waals surface area contributed by atoms with Crippen molar-refractivity contribution in [3.63, 3.8) is 0 Å². The molecule has 7 heteroatoms. The van der Waals surface area contributed by atoms with Gasteiger partial charge in [-0.2, -0.15) is 5.10 Å². The van der Waals surface area contributed by atoms with Gasteiger partial charge in [0.25, 0.3) is 0 Å². The highest BCUT2D eigenvalue weighted by molar-refractivity contribution is 7.10. The van der Waals surface area contributed by atoms with Crippen LogP contribution in [0, 0.1) is 0 Å². The molecule has 1 aliphatic rings. The molecule has 0 radical (unpaired) electrons. The van der Waals surface area contributed by atoms with Gasteiger partial charge in [0.05, 0.1) is 13.1 Å². The van der Waals surface area contributed by atoms with Crippen molar-refractivity contribution in [2.75, 3.05) is 13.1 Å². The molecular weight excluding hydrogens is 320 g/mol. The lowest BCUT2D eigenvalue weighted by Gasteiger charge is -2.26. The van der Waals surface area contributed by atoms with E-state index in [9.17, 15) is 0 Å². The van der Waals surface area contributed by atoms with Crippen LogP contribution in [0.3, 0.4) is 0 Å². The molecule has 2 aromatic rings. The molecule has 130 valence electrons. The molecule has 6 nitrogen and oxygen atoms in total. The van der Waals surface area contributed by atoms with Crippen LogP contribution in [0.4, 0.5) is 0 Å². The molecule has 0 amide bonds. The molecule has 1 aliphatic heterocycles. The van der Waals surface area contributed by atoms with Gasteiger partial charge in [-0.1, -0.05) is 19.9 Å². The summed E-state index contributed by atoms with van der Waals surface area (Å²) in [6.07, 6.45) is 3.65. The molecule has 1 unspecified atom stereocenters. The Morgan fingerprint density at radius 2 is 2.38 bits per heavy atom. The summed E-state index contributed by atoms with van der Waals surface area (Å²) < 4.78 is 1.99. The van der Waals surface area contributed by atoms with Crippen LogP contribution in [0.5, 0.6) is 0 Å². The van der Waals surface area contributed by atoms with Crippen LogP contribution in [-0.2, 0) is 18.4 Å². The Bertz CT molecular complexity index is 673. The fraction of sp³-hybridized carbons (Fsp3) is 0.588. The molecule has 0 spiro atoms. The molecule has 2 N–H and O–H groups in total. The number of aromatic nitrogens is 3. The van der Waals surface area contributed by atoms with E-state index in [0.717, 1.165) is 44.3 Å².